The molecule has 7 heteroatoms. The van der Waals surface area contributed by atoms with Crippen molar-refractivity contribution in [1.29, 1.82) is 0 Å². The molecule has 1 heterocycles. The Morgan fingerprint density at radius 2 is 1.52 bits per heavy atom. The van der Waals surface area contributed by atoms with Gasteiger partial charge in [0.15, 0.2) is 0 Å². The lowest BCUT2D eigenvalue weighted by atomic mass is 9.92. The molecule has 0 fully saturated rings. The van der Waals surface area contributed by atoms with Gasteiger partial charge >= 0.3 is 12.0 Å². The minimum atomic E-state index is -0.690. The summed E-state index contributed by atoms with van der Waals surface area (Å²) in [4.78, 5) is 25.6. The van der Waals surface area contributed by atoms with E-state index in [9.17, 15) is 9.59 Å². The van der Waals surface area contributed by atoms with Crippen LogP contribution in [0.25, 0.3) is 5.70 Å². The summed E-state index contributed by atoms with van der Waals surface area (Å²) in [7, 11) is 0. The summed E-state index contributed by atoms with van der Waals surface area (Å²) < 4.78 is 11.4. The largest absolute Gasteiger partial charge is 0.459 e. The van der Waals surface area contributed by atoms with Crippen molar-refractivity contribution < 1.29 is 19.1 Å². The standard InChI is InChI=1S/C26H23ClN2O4/c1-16(2)32-25(30)22-23(17-6-4-3-5-7-17)28-26(31)29-24(22)18-8-12-20(13-9-18)33-21-14-10-19(27)11-15-21/h3-16,24H,1-2H3,(H2,28,29,31). The third-order valence-electron chi connectivity index (χ3n) is 4.96. The van der Waals surface area contributed by atoms with Crippen LogP contribution in [0.1, 0.15) is 31.0 Å². The SMILES string of the molecule is CC(C)OC(=O)C1=C(c2ccccc2)NC(=O)NC1c1ccc(Oc2ccc(Cl)cc2)cc1. The smallest absolute Gasteiger partial charge is 0.338 e. The maximum absolute atomic E-state index is 13.1. The number of rotatable bonds is 6. The number of esters is 1. The number of carbonyl (C=O) groups is 2. The molecule has 0 aromatic heterocycles. The fourth-order valence-electron chi connectivity index (χ4n) is 3.51. The minimum absolute atomic E-state index is 0.310. The molecule has 4 rings (SSSR count). The maximum Gasteiger partial charge on any atom is 0.338 e. The average molecular weight is 463 g/mol. The fourth-order valence-corrected chi connectivity index (χ4v) is 3.64. The van der Waals surface area contributed by atoms with E-state index in [1.165, 1.54) is 0 Å². The van der Waals surface area contributed by atoms with E-state index in [1.807, 2.05) is 42.5 Å². The Morgan fingerprint density at radius 1 is 0.909 bits per heavy atom. The lowest BCUT2D eigenvalue weighted by Gasteiger charge is -2.30. The van der Waals surface area contributed by atoms with Crippen molar-refractivity contribution in [2.75, 3.05) is 0 Å². The summed E-state index contributed by atoms with van der Waals surface area (Å²) in [6.45, 7) is 3.57. The van der Waals surface area contributed by atoms with Gasteiger partial charge in [0.2, 0.25) is 0 Å². The van der Waals surface area contributed by atoms with E-state index in [2.05, 4.69) is 10.6 Å². The molecule has 0 saturated heterocycles. The van der Waals surface area contributed by atoms with Crippen LogP contribution in [0, 0.1) is 0 Å². The van der Waals surface area contributed by atoms with Gasteiger partial charge in [-0.05, 0) is 61.4 Å². The zero-order valence-corrected chi connectivity index (χ0v) is 18.9. The van der Waals surface area contributed by atoms with Gasteiger partial charge in [0.1, 0.15) is 11.5 Å². The summed E-state index contributed by atoms with van der Waals surface area (Å²) in [6, 6.07) is 22.4. The lowest BCUT2D eigenvalue weighted by Crippen LogP contribution is -2.45. The van der Waals surface area contributed by atoms with Gasteiger partial charge in [0.05, 0.1) is 23.4 Å². The van der Waals surface area contributed by atoms with Gasteiger partial charge in [-0.2, -0.15) is 0 Å². The lowest BCUT2D eigenvalue weighted by molar-refractivity contribution is -0.143. The molecule has 3 aromatic carbocycles. The normalized spacial score (nSPS) is 15.6. The van der Waals surface area contributed by atoms with Gasteiger partial charge in [-0.15, -0.1) is 0 Å². The highest BCUT2D eigenvalue weighted by molar-refractivity contribution is 6.30. The van der Waals surface area contributed by atoms with Crippen LogP contribution < -0.4 is 15.4 Å². The molecular weight excluding hydrogens is 440 g/mol. The predicted molar refractivity (Wildman–Crippen MR) is 127 cm³/mol. The van der Waals surface area contributed by atoms with Crippen LogP contribution in [-0.4, -0.2) is 18.1 Å². The molecule has 1 unspecified atom stereocenters. The van der Waals surface area contributed by atoms with E-state index in [0.29, 0.717) is 27.8 Å². The van der Waals surface area contributed by atoms with E-state index < -0.39 is 18.0 Å². The van der Waals surface area contributed by atoms with E-state index in [1.54, 1.807) is 50.2 Å². The van der Waals surface area contributed by atoms with Gasteiger partial charge in [0, 0.05) is 5.02 Å². The topological polar surface area (TPSA) is 76.7 Å². The number of benzene rings is 3. The van der Waals surface area contributed by atoms with E-state index in [0.717, 1.165) is 11.1 Å². The van der Waals surface area contributed by atoms with Crippen LogP contribution in [0.4, 0.5) is 4.79 Å². The number of urea groups is 1. The van der Waals surface area contributed by atoms with Crippen molar-refractivity contribution >= 4 is 29.3 Å². The van der Waals surface area contributed by atoms with Crippen molar-refractivity contribution in [3.05, 3.63) is 101 Å². The molecular formula is C26H23ClN2O4. The van der Waals surface area contributed by atoms with Crippen molar-refractivity contribution in [3.63, 3.8) is 0 Å². The third kappa shape index (κ3) is 5.35. The Bertz CT molecular complexity index is 1170. The molecule has 1 atom stereocenters. The molecule has 2 amide bonds. The second-order valence-corrected chi connectivity index (χ2v) is 8.20. The van der Waals surface area contributed by atoms with Crippen LogP contribution >= 0.6 is 11.6 Å². The van der Waals surface area contributed by atoms with E-state index in [4.69, 9.17) is 21.1 Å². The number of carbonyl (C=O) groups excluding carboxylic acids is 2. The van der Waals surface area contributed by atoms with Gasteiger partial charge in [-0.1, -0.05) is 54.1 Å². The first-order valence-corrected chi connectivity index (χ1v) is 10.9. The van der Waals surface area contributed by atoms with Crippen LogP contribution in [0.2, 0.25) is 5.02 Å². The number of halogens is 1. The molecule has 2 N–H and O–H groups in total. The summed E-state index contributed by atoms with van der Waals surface area (Å²) in [5.74, 6) is 0.762. The molecule has 33 heavy (non-hydrogen) atoms. The Kier molecular flexibility index (Phi) is 6.66. The van der Waals surface area contributed by atoms with E-state index in [-0.39, 0.29) is 6.10 Å². The fraction of sp³-hybridized carbons (Fsp3) is 0.154. The Morgan fingerprint density at radius 3 is 2.12 bits per heavy atom. The van der Waals surface area contributed by atoms with Gasteiger partial charge in [-0.25, -0.2) is 9.59 Å². The molecule has 0 saturated carbocycles. The number of ether oxygens (including phenoxy) is 2. The molecule has 168 valence electrons. The van der Waals surface area contributed by atoms with Gasteiger partial charge in [0.25, 0.3) is 0 Å². The Labute approximate surface area is 197 Å². The van der Waals surface area contributed by atoms with Crippen LogP contribution in [-0.2, 0) is 9.53 Å². The van der Waals surface area contributed by atoms with Crippen molar-refractivity contribution in [3.8, 4) is 11.5 Å². The maximum atomic E-state index is 13.1. The summed E-state index contributed by atoms with van der Waals surface area (Å²) in [5.41, 5.74) is 2.20. The zero-order valence-electron chi connectivity index (χ0n) is 18.2. The van der Waals surface area contributed by atoms with E-state index >= 15 is 0 Å². The average Bonchev–Trinajstić information content (AvgIpc) is 2.80. The number of hydrogen-bond acceptors (Lipinski definition) is 4. The molecule has 1 aliphatic heterocycles. The Balaban J connectivity index is 1.70. The molecule has 0 radical (unpaired) electrons. The van der Waals surface area contributed by atoms with Crippen LogP contribution in [0.5, 0.6) is 11.5 Å². The highest BCUT2D eigenvalue weighted by atomic mass is 35.5. The van der Waals surface area contributed by atoms with Crippen LogP contribution in [0.3, 0.4) is 0 Å². The monoisotopic (exact) mass is 462 g/mol. The highest BCUT2D eigenvalue weighted by Crippen LogP contribution is 2.33. The highest BCUT2D eigenvalue weighted by Gasteiger charge is 2.34. The summed E-state index contributed by atoms with van der Waals surface area (Å²) >= 11 is 5.92. The first-order chi connectivity index (χ1) is 15.9. The molecule has 0 bridgehead atoms. The summed E-state index contributed by atoms with van der Waals surface area (Å²) in [5, 5.41) is 6.25. The van der Waals surface area contributed by atoms with Crippen molar-refractivity contribution in [1.82, 2.24) is 10.6 Å². The van der Waals surface area contributed by atoms with Crippen LogP contribution in [0.15, 0.2) is 84.4 Å². The van der Waals surface area contributed by atoms with Crippen molar-refractivity contribution in [2.24, 2.45) is 0 Å². The second-order valence-electron chi connectivity index (χ2n) is 7.77. The number of hydrogen-bond donors (Lipinski definition) is 2. The van der Waals surface area contributed by atoms with Gasteiger partial charge < -0.3 is 20.1 Å². The second kappa shape index (κ2) is 9.79. The molecule has 1 aliphatic rings. The Hall–Kier alpha value is -3.77. The number of nitrogens with one attached hydrogen (secondary N) is 2. The van der Waals surface area contributed by atoms with Crippen molar-refractivity contribution in [2.45, 2.75) is 26.0 Å². The molecule has 6 nitrogen and oxygen atoms in total. The molecule has 3 aromatic rings. The predicted octanol–water partition coefficient (Wildman–Crippen LogP) is 5.85. The van der Waals surface area contributed by atoms with Gasteiger partial charge in [-0.3, -0.25) is 0 Å². The number of amides is 2. The third-order valence-corrected chi connectivity index (χ3v) is 5.21. The summed E-state index contributed by atoms with van der Waals surface area (Å²) in [6.07, 6.45) is -0.310. The first-order valence-electron chi connectivity index (χ1n) is 10.5. The molecule has 0 spiro atoms. The minimum Gasteiger partial charge on any atom is -0.459 e. The first kappa shape index (κ1) is 22.4. The quantitative estimate of drug-likeness (QED) is 0.450. The molecule has 0 aliphatic carbocycles. The zero-order chi connectivity index (χ0) is 23.4.